The van der Waals surface area contributed by atoms with Crippen molar-refractivity contribution in [3.05, 3.63) is 65.7 Å². The zero-order valence-electron chi connectivity index (χ0n) is 9.04. The van der Waals surface area contributed by atoms with Gasteiger partial charge >= 0.3 is 0 Å². The first-order valence-corrected chi connectivity index (χ1v) is 5.18. The van der Waals surface area contributed by atoms with E-state index in [1.807, 2.05) is 12.1 Å². The van der Waals surface area contributed by atoms with Crippen molar-refractivity contribution in [2.45, 2.75) is 6.29 Å². The summed E-state index contributed by atoms with van der Waals surface area (Å²) in [5.74, 6) is 0.318. The third-order valence-corrected chi connectivity index (χ3v) is 2.31. The largest absolute Gasteiger partial charge is 0.457 e. The summed E-state index contributed by atoms with van der Waals surface area (Å²) in [6, 6.07) is 17.5. The van der Waals surface area contributed by atoms with Crippen molar-refractivity contribution in [2.24, 2.45) is 0 Å². The van der Waals surface area contributed by atoms with Crippen LogP contribution >= 0.6 is 0 Å². The van der Waals surface area contributed by atoms with Crippen molar-refractivity contribution >= 4 is 0 Å². The van der Waals surface area contributed by atoms with Crippen LogP contribution in [0.2, 0.25) is 0 Å². The average Bonchev–Trinajstić information content (AvgIpc) is 2.40. The highest BCUT2D eigenvalue weighted by Gasteiger charge is 2.12. The molecule has 0 fully saturated rings. The minimum absolute atomic E-state index is 0.318. The smallest absolute Gasteiger partial charge is 0.257 e. The van der Waals surface area contributed by atoms with E-state index in [0.717, 1.165) is 0 Å². The van der Waals surface area contributed by atoms with E-state index in [1.54, 1.807) is 48.5 Å². The molecular weight excluding hydrogens is 214 g/mol. The van der Waals surface area contributed by atoms with Gasteiger partial charge in [-0.15, -0.1) is 0 Å². The molecule has 0 aliphatic heterocycles. The molecule has 0 amide bonds. The van der Waals surface area contributed by atoms with E-state index in [0.29, 0.717) is 16.9 Å². The fourth-order valence-electron chi connectivity index (χ4n) is 1.46. The van der Waals surface area contributed by atoms with Gasteiger partial charge in [-0.05, 0) is 12.1 Å². The molecule has 2 aromatic carbocycles. The molecule has 0 bridgehead atoms. The van der Waals surface area contributed by atoms with Crippen LogP contribution in [0.4, 0.5) is 0 Å². The average molecular weight is 224 g/mol. The molecule has 0 saturated carbocycles. The van der Waals surface area contributed by atoms with Crippen molar-refractivity contribution < 1.29 is 9.84 Å². The Morgan fingerprint density at radius 1 is 1.00 bits per heavy atom. The molecule has 2 aromatic rings. The Bertz CT molecular complexity index is 531. The number of nitrogens with zero attached hydrogens (tertiary/aromatic N) is 1. The zero-order valence-corrected chi connectivity index (χ0v) is 9.04. The van der Waals surface area contributed by atoms with E-state index < -0.39 is 6.29 Å². The van der Waals surface area contributed by atoms with E-state index in [2.05, 4.69) is 0 Å². The summed E-state index contributed by atoms with van der Waals surface area (Å²) in [7, 11) is 0. The minimum atomic E-state index is -1.31. The summed E-state index contributed by atoms with van der Waals surface area (Å²) in [6.07, 6.45) is -1.31. The van der Waals surface area contributed by atoms with Crippen LogP contribution in [-0.2, 0) is 5.11 Å². The van der Waals surface area contributed by atoms with Gasteiger partial charge in [0.2, 0.25) is 0 Å². The zero-order chi connectivity index (χ0) is 12.1. The topological polar surface area (TPSA) is 52.9 Å². The normalized spacial score (nSPS) is 11.5. The number of ether oxygens (including phenoxy) is 1. The molecule has 83 valence electrons. The molecule has 0 aromatic heterocycles. The third-order valence-electron chi connectivity index (χ3n) is 2.31. The molecule has 0 heterocycles. The molecular formula is C14H10NO2. The SMILES string of the molecule is N#Cc1ccccc1OC([O])c1ccccc1. The highest BCUT2D eigenvalue weighted by Crippen LogP contribution is 2.23. The number of hydrogen-bond acceptors (Lipinski definition) is 2. The van der Waals surface area contributed by atoms with Crippen LogP contribution in [0.3, 0.4) is 0 Å². The molecule has 1 atom stereocenters. The predicted octanol–water partition coefficient (Wildman–Crippen LogP) is 3.07. The molecule has 1 unspecified atom stereocenters. The highest BCUT2D eigenvalue weighted by atomic mass is 16.6. The van der Waals surface area contributed by atoms with Gasteiger partial charge in [0, 0.05) is 5.56 Å². The van der Waals surface area contributed by atoms with Gasteiger partial charge in [0.25, 0.3) is 6.29 Å². The lowest BCUT2D eigenvalue weighted by Crippen LogP contribution is -2.05. The van der Waals surface area contributed by atoms with Crippen LogP contribution in [0.15, 0.2) is 54.6 Å². The van der Waals surface area contributed by atoms with Gasteiger partial charge in [0.05, 0.1) is 5.56 Å². The first kappa shape index (κ1) is 11.2. The molecule has 3 nitrogen and oxygen atoms in total. The standard InChI is InChI=1S/C14H10NO2/c15-10-12-8-4-5-9-13(12)17-14(16)11-6-2-1-3-7-11/h1-9,14H. The maximum absolute atomic E-state index is 11.8. The van der Waals surface area contributed by atoms with E-state index in [-0.39, 0.29) is 0 Å². The van der Waals surface area contributed by atoms with Crippen molar-refractivity contribution in [3.8, 4) is 11.8 Å². The summed E-state index contributed by atoms with van der Waals surface area (Å²) in [4.78, 5) is 0. The second kappa shape index (κ2) is 5.15. The predicted molar refractivity (Wildman–Crippen MR) is 61.7 cm³/mol. The molecule has 2 rings (SSSR count). The maximum Gasteiger partial charge on any atom is 0.257 e. The molecule has 17 heavy (non-hydrogen) atoms. The maximum atomic E-state index is 11.8. The van der Waals surface area contributed by atoms with Crippen molar-refractivity contribution in [1.82, 2.24) is 0 Å². The van der Waals surface area contributed by atoms with Crippen molar-refractivity contribution in [3.63, 3.8) is 0 Å². The number of benzene rings is 2. The Balaban J connectivity index is 2.19. The second-order valence-electron chi connectivity index (χ2n) is 3.47. The quantitative estimate of drug-likeness (QED) is 0.752. The Kier molecular flexibility index (Phi) is 3.39. The molecule has 0 saturated heterocycles. The van der Waals surface area contributed by atoms with Crippen LogP contribution in [0.25, 0.3) is 0 Å². The Morgan fingerprint density at radius 3 is 2.35 bits per heavy atom. The minimum Gasteiger partial charge on any atom is -0.457 e. The highest BCUT2D eigenvalue weighted by molar-refractivity contribution is 5.42. The van der Waals surface area contributed by atoms with Gasteiger partial charge in [0.1, 0.15) is 11.8 Å². The van der Waals surface area contributed by atoms with Crippen molar-refractivity contribution in [1.29, 1.82) is 5.26 Å². The lowest BCUT2D eigenvalue weighted by atomic mass is 10.2. The van der Waals surface area contributed by atoms with Crippen LogP contribution in [0, 0.1) is 11.3 Å². The molecule has 0 spiro atoms. The lowest BCUT2D eigenvalue weighted by Gasteiger charge is -2.12. The van der Waals surface area contributed by atoms with E-state index >= 15 is 0 Å². The molecule has 0 aliphatic carbocycles. The number of rotatable bonds is 3. The first-order valence-electron chi connectivity index (χ1n) is 5.18. The van der Waals surface area contributed by atoms with Gasteiger partial charge in [-0.1, -0.05) is 42.5 Å². The van der Waals surface area contributed by atoms with Gasteiger partial charge in [-0.2, -0.15) is 10.4 Å². The number of nitriles is 1. The second-order valence-corrected chi connectivity index (χ2v) is 3.47. The van der Waals surface area contributed by atoms with Gasteiger partial charge in [-0.25, -0.2) is 0 Å². The Morgan fingerprint density at radius 2 is 1.65 bits per heavy atom. The van der Waals surface area contributed by atoms with E-state index in [1.165, 1.54) is 0 Å². The fraction of sp³-hybridized carbons (Fsp3) is 0.0714. The number of para-hydroxylation sites is 1. The fourth-order valence-corrected chi connectivity index (χ4v) is 1.46. The van der Waals surface area contributed by atoms with E-state index in [4.69, 9.17) is 10.00 Å². The summed E-state index contributed by atoms with van der Waals surface area (Å²) < 4.78 is 5.24. The summed E-state index contributed by atoms with van der Waals surface area (Å²) in [6.45, 7) is 0. The molecule has 0 N–H and O–H groups in total. The number of hydrogen-bond donors (Lipinski definition) is 0. The Hall–Kier alpha value is -2.31. The van der Waals surface area contributed by atoms with Gasteiger partial charge in [0.15, 0.2) is 0 Å². The molecule has 3 heteroatoms. The van der Waals surface area contributed by atoms with Crippen LogP contribution in [0.5, 0.6) is 5.75 Å². The van der Waals surface area contributed by atoms with Crippen molar-refractivity contribution in [2.75, 3.05) is 0 Å². The molecule has 1 radical (unpaired) electrons. The summed E-state index contributed by atoms with van der Waals surface area (Å²) >= 11 is 0. The first-order chi connectivity index (χ1) is 8.31. The summed E-state index contributed by atoms with van der Waals surface area (Å²) in [5, 5.41) is 20.7. The van der Waals surface area contributed by atoms with Gasteiger partial charge < -0.3 is 4.74 Å². The molecule has 0 aliphatic rings. The van der Waals surface area contributed by atoms with Crippen LogP contribution < -0.4 is 4.74 Å². The lowest BCUT2D eigenvalue weighted by molar-refractivity contribution is -0.0743. The summed E-state index contributed by atoms with van der Waals surface area (Å²) in [5.41, 5.74) is 0.907. The van der Waals surface area contributed by atoms with Crippen LogP contribution in [-0.4, -0.2) is 0 Å². The van der Waals surface area contributed by atoms with Gasteiger partial charge in [-0.3, -0.25) is 0 Å². The third kappa shape index (κ3) is 2.63. The monoisotopic (exact) mass is 224 g/mol. The Labute approximate surface area is 99.5 Å². The van der Waals surface area contributed by atoms with E-state index in [9.17, 15) is 5.11 Å². The van der Waals surface area contributed by atoms with Crippen LogP contribution in [0.1, 0.15) is 17.4 Å².